The summed E-state index contributed by atoms with van der Waals surface area (Å²) in [5, 5.41) is 3.34. The maximum absolute atomic E-state index is 12.8. The fraction of sp³-hybridized carbons (Fsp3) is 0.625. The number of halogens is 3. The van der Waals surface area contributed by atoms with E-state index in [9.17, 15) is 22.8 Å². The lowest BCUT2D eigenvalue weighted by Gasteiger charge is -2.33. The first-order chi connectivity index (χ1) is 11.3. The van der Waals surface area contributed by atoms with E-state index in [4.69, 9.17) is 0 Å². The molecular weight excluding hydrogens is 323 g/mol. The highest BCUT2D eigenvalue weighted by Gasteiger charge is 2.40. The van der Waals surface area contributed by atoms with Crippen LogP contribution in [0.15, 0.2) is 23.1 Å². The van der Waals surface area contributed by atoms with E-state index in [-0.39, 0.29) is 17.9 Å². The van der Waals surface area contributed by atoms with Crippen molar-refractivity contribution >= 4 is 5.91 Å². The Kier molecular flexibility index (Phi) is 4.42. The summed E-state index contributed by atoms with van der Waals surface area (Å²) in [6.07, 6.45) is -0.816. The molecule has 8 heteroatoms. The van der Waals surface area contributed by atoms with Gasteiger partial charge in [-0.25, -0.2) is 0 Å². The van der Waals surface area contributed by atoms with Crippen molar-refractivity contribution in [3.05, 3.63) is 34.2 Å². The highest BCUT2D eigenvalue weighted by molar-refractivity contribution is 5.76. The molecule has 5 nitrogen and oxygen atoms in total. The number of likely N-dealkylation sites (tertiary alicyclic amines) is 1. The topological polar surface area (TPSA) is 54.3 Å². The standard InChI is InChI=1S/C16H20F3N3O2/c17-16(18,19)12-2-3-13(23)22(8-12)9-14(24)21-7-5-15(11-21)4-1-6-20-10-15/h2-3,8,20H,1,4-7,9-11H2/t15-/m1/s1. The molecule has 0 bridgehead atoms. The zero-order chi connectivity index (χ0) is 17.4. The van der Waals surface area contributed by atoms with Crippen molar-refractivity contribution in [1.82, 2.24) is 14.8 Å². The van der Waals surface area contributed by atoms with Crippen LogP contribution in [0.4, 0.5) is 13.2 Å². The lowest BCUT2D eigenvalue weighted by molar-refractivity contribution is -0.138. The Balaban J connectivity index is 1.70. The molecule has 1 atom stereocenters. The van der Waals surface area contributed by atoms with Gasteiger partial charge in [-0.1, -0.05) is 0 Å². The number of piperidine rings is 1. The Morgan fingerprint density at radius 1 is 1.29 bits per heavy atom. The first-order valence-corrected chi connectivity index (χ1v) is 8.05. The highest BCUT2D eigenvalue weighted by atomic mass is 19.4. The van der Waals surface area contributed by atoms with Gasteiger partial charge in [0.2, 0.25) is 5.91 Å². The van der Waals surface area contributed by atoms with Crippen LogP contribution in [0.2, 0.25) is 0 Å². The normalized spacial score (nSPS) is 24.5. The molecule has 0 aliphatic carbocycles. The monoisotopic (exact) mass is 343 g/mol. The van der Waals surface area contributed by atoms with Crippen molar-refractivity contribution in [2.75, 3.05) is 26.2 Å². The number of rotatable bonds is 2. The van der Waals surface area contributed by atoms with Crippen molar-refractivity contribution < 1.29 is 18.0 Å². The highest BCUT2D eigenvalue weighted by Crippen LogP contribution is 2.36. The number of alkyl halides is 3. The van der Waals surface area contributed by atoms with Gasteiger partial charge >= 0.3 is 6.18 Å². The Morgan fingerprint density at radius 2 is 2.08 bits per heavy atom. The van der Waals surface area contributed by atoms with Crippen molar-refractivity contribution in [3.63, 3.8) is 0 Å². The summed E-state index contributed by atoms with van der Waals surface area (Å²) in [6, 6.07) is 1.59. The van der Waals surface area contributed by atoms with Crippen LogP contribution < -0.4 is 10.9 Å². The molecule has 132 valence electrons. The van der Waals surface area contributed by atoms with Gasteiger partial charge in [-0.2, -0.15) is 13.2 Å². The fourth-order valence-electron chi connectivity index (χ4n) is 3.59. The summed E-state index contributed by atoms with van der Waals surface area (Å²) in [5.41, 5.74) is -1.46. The van der Waals surface area contributed by atoms with Crippen LogP contribution >= 0.6 is 0 Å². The molecule has 3 heterocycles. The summed E-state index contributed by atoms with van der Waals surface area (Å²) in [6.45, 7) is 2.68. The lowest BCUT2D eigenvalue weighted by Crippen LogP contribution is -2.43. The summed E-state index contributed by atoms with van der Waals surface area (Å²) in [4.78, 5) is 25.8. The van der Waals surface area contributed by atoms with E-state index in [2.05, 4.69) is 5.32 Å². The van der Waals surface area contributed by atoms with Gasteiger partial charge in [0.25, 0.3) is 5.56 Å². The minimum Gasteiger partial charge on any atom is -0.341 e. The molecule has 0 radical (unpaired) electrons. The first-order valence-electron chi connectivity index (χ1n) is 8.05. The second kappa shape index (κ2) is 6.23. The first kappa shape index (κ1) is 17.0. The predicted molar refractivity (Wildman–Crippen MR) is 81.4 cm³/mol. The van der Waals surface area contributed by atoms with Crippen LogP contribution in [0.1, 0.15) is 24.8 Å². The third-order valence-electron chi connectivity index (χ3n) is 4.97. The van der Waals surface area contributed by atoms with E-state index in [0.29, 0.717) is 19.3 Å². The summed E-state index contributed by atoms with van der Waals surface area (Å²) >= 11 is 0. The molecule has 1 amide bonds. The maximum atomic E-state index is 12.8. The van der Waals surface area contributed by atoms with Crippen molar-refractivity contribution in [1.29, 1.82) is 0 Å². The third kappa shape index (κ3) is 3.48. The number of hydrogen-bond acceptors (Lipinski definition) is 3. The molecule has 2 aliphatic heterocycles. The van der Waals surface area contributed by atoms with E-state index in [1.54, 1.807) is 4.90 Å². The van der Waals surface area contributed by atoms with Crippen molar-refractivity contribution in [2.24, 2.45) is 5.41 Å². The average molecular weight is 343 g/mol. The molecule has 0 unspecified atom stereocenters. The van der Waals surface area contributed by atoms with E-state index >= 15 is 0 Å². The lowest BCUT2D eigenvalue weighted by atomic mass is 9.80. The van der Waals surface area contributed by atoms with Gasteiger partial charge in [-0.3, -0.25) is 9.59 Å². The molecule has 1 aromatic heterocycles. The van der Waals surface area contributed by atoms with Crippen LogP contribution in [0.3, 0.4) is 0 Å². The summed E-state index contributed by atoms with van der Waals surface area (Å²) in [5.74, 6) is -0.307. The zero-order valence-electron chi connectivity index (χ0n) is 13.2. The van der Waals surface area contributed by atoms with E-state index < -0.39 is 17.3 Å². The van der Waals surface area contributed by atoms with Crippen LogP contribution in [0.25, 0.3) is 0 Å². The Bertz CT molecular complexity index is 678. The van der Waals surface area contributed by atoms with Crippen LogP contribution in [-0.4, -0.2) is 41.6 Å². The molecule has 2 saturated heterocycles. The summed E-state index contributed by atoms with van der Waals surface area (Å²) < 4.78 is 39.1. The Labute approximate surface area is 137 Å². The van der Waals surface area contributed by atoms with Crippen LogP contribution in [0, 0.1) is 5.41 Å². The number of amides is 1. The molecule has 0 aromatic carbocycles. The van der Waals surface area contributed by atoms with Gasteiger partial charge < -0.3 is 14.8 Å². The zero-order valence-corrected chi connectivity index (χ0v) is 13.2. The quantitative estimate of drug-likeness (QED) is 0.885. The molecule has 1 spiro atoms. The van der Waals surface area contributed by atoms with Crippen LogP contribution in [0.5, 0.6) is 0 Å². The number of pyridine rings is 1. The van der Waals surface area contributed by atoms with Gasteiger partial charge in [-0.15, -0.1) is 0 Å². The van der Waals surface area contributed by atoms with Crippen molar-refractivity contribution in [2.45, 2.75) is 32.0 Å². The number of nitrogens with one attached hydrogen (secondary N) is 1. The molecular formula is C16H20F3N3O2. The predicted octanol–water partition coefficient (Wildman–Crippen LogP) is 1.47. The van der Waals surface area contributed by atoms with Gasteiger partial charge in [0, 0.05) is 37.3 Å². The molecule has 0 saturated carbocycles. The van der Waals surface area contributed by atoms with Crippen molar-refractivity contribution in [3.8, 4) is 0 Å². The third-order valence-corrected chi connectivity index (χ3v) is 4.97. The average Bonchev–Trinajstić information content (AvgIpc) is 2.93. The number of carbonyl (C=O) groups excluding carboxylic acids is 1. The van der Waals surface area contributed by atoms with Gasteiger partial charge in [-0.05, 0) is 31.9 Å². The molecule has 2 fully saturated rings. The second-order valence-electron chi connectivity index (χ2n) is 6.73. The van der Waals surface area contributed by atoms with E-state index in [1.807, 2.05) is 0 Å². The fourth-order valence-corrected chi connectivity index (χ4v) is 3.59. The van der Waals surface area contributed by atoms with Gasteiger partial charge in [0.05, 0.1) is 5.56 Å². The Morgan fingerprint density at radius 3 is 2.75 bits per heavy atom. The SMILES string of the molecule is O=C(Cn1cc(C(F)(F)F)ccc1=O)N1CC[C@@]2(CCCNC2)C1. The number of nitrogens with zero attached hydrogens (tertiary/aromatic N) is 2. The Hall–Kier alpha value is -1.83. The minimum absolute atomic E-state index is 0.0761. The molecule has 1 aromatic rings. The molecule has 3 rings (SSSR count). The van der Waals surface area contributed by atoms with Gasteiger partial charge in [0.15, 0.2) is 0 Å². The number of hydrogen-bond donors (Lipinski definition) is 1. The number of aromatic nitrogens is 1. The van der Waals surface area contributed by atoms with E-state index in [0.717, 1.165) is 49.1 Å². The smallest absolute Gasteiger partial charge is 0.341 e. The summed E-state index contributed by atoms with van der Waals surface area (Å²) in [7, 11) is 0. The minimum atomic E-state index is -4.54. The molecule has 24 heavy (non-hydrogen) atoms. The molecule has 1 N–H and O–H groups in total. The number of carbonyl (C=O) groups is 1. The maximum Gasteiger partial charge on any atom is 0.417 e. The second-order valence-corrected chi connectivity index (χ2v) is 6.73. The largest absolute Gasteiger partial charge is 0.417 e. The van der Waals surface area contributed by atoms with Crippen LogP contribution in [-0.2, 0) is 17.5 Å². The molecule has 2 aliphatic rings. The van der Waals surface area contributed by atoms with E-state index in [1.165, 1.54) is 0 Å². The van der Waals surface area contributed by atoms with Gasteiger partial charge in [0.1, 0.15) is 6.54 Å².